The van der Waals surface area contributed by atoms with Crippen LogP contribution in [-0.4, -0.2) is 12.6 Å². The van der Waals surface area contributed by atoms with E-state index in [9.17, 15) is 0 Å². The van der Waals surface area contributed by atoms with E-state index >= 15 is 0 Å². The van der Waals surface area contributed by atoms with Gasteiger partial charge in [-0.3, -0.25) is 0 Å². The van der Waals surface area contributed by atoms with Crippen molar-refractivity contribution in [2.45, 2.75) is 46.3 Å². The summed E-state index contributed by atoms with van der Waals surface area (Å²) in [4.78, 5) is 2.19. The van der Waals surface area contributed by atoms with E-state index in [4.69, 9.17) is 4.42 Å². The molecule has 114 valence electrons. The highest BCUT2D eigenvalue weighted by Crippen LogP contribution is 2.20. The van der Waals surface area contributed by atoms with Gasteiger partial charge in [-0.25, -0.2) is 0 Å². The first-order valence-electron chi connectivity index (χ1n) is 7.44. The maximum absolute atomic E-state index is 6.00. The number of rotatable bonds is 5. The summed E-state index contributed by atoms with van der Waals surface area (Å²) in [5.74, 6) is 2.03. The summed E-state index contributed by atoms with van der Waals surface area (Å²) in [6.07, 6.45) is 0. The van der Waals surface area contributed by atoms with Crippen LogP contribution in [0.15, 0.2) is 40.8 Å². The van der Waals surface area contributed by atoms with Gasteiger partial charge < -0.3 is 14.6 Å². The molecule has 2 rings (SSSR count). The lowest BCUT2D eigenvalue weighted by molar-refractivity contribution is 0.377. The molecule has 0 radical (unpaired) electrons. The molecule has 0 atom stereocenters. The van der Waals surface area contributed by atoms with Gasteiger partial charge in [0.15, 0.2) is 0 Å². The molecule has 1 heterocycles. The second-order valence-electron chi connectivity index (χ2n) is 6.61. The molecule has 0 spiro atoms. The first kappa shape index (κ1) is 15.6. The zero-order chi connectivity index (χ0) is 15.5. The van der Waals surface area contributed by atoms with Gasteiger partial charge in [-0.2, -0.15) is 0 Å². The largest absolute Gasteiger partial charge is 0.463 e. The first-order chi connectivity index (χ1) is 9.85. The van der Waals surface area contributed by atoms with Crippen molar-refractivity contribution in [3.8, 4) is 0 Å². The Balaban J connectivity index is 2.02. The number of furan rings is 1. The third-order valence-corrected chi connectivity index (χ3v) is 3.44. The summed E-state index contributed by atoms with van der Waals surface area (Å²) in [6, 6.07) is 12.5. The fourth-order valence-electron chi connectivity index (χ4n) is 2.20. The standard InChI is InChI=1S/C18H26N2O/c1-14-11-16(21-17(14)12-19-18(2,3)4)13-20(5)15-9-7-6-8-10-15/h6-11,19H,12-13H2,1-5H3. The van der Waals surface area contributed by atoms with E-state index in [0.29, 0.717) is 0 Å². The lowest BCUT2D eigenvalue weighted by Crippen LogP contribution is -2.35. The lowest BCUT2D eigenvalue weighted by Gasteiger charge is -2.20. The molecule has 0 fully saturated rings. The molecule has 0 aliphatic carbocycles. The van der Waals surface area contributed by atoms with Crippen molar-refractivity contribution >= 4 is 5.69 Å². The third-order valence-electron chi connectivity index (χ3n) is 3.44. The van der Waals surface area contributed by atoms with Crippen LogP contribution in [0.2, 0.25) is 0 Å². The normalized spacial score (nSPS) is 11.7. The van der Waals surface area contributed by atoms with E-state index in [0.717, 1.165) is 24.6 Å². The van der Waals surface area contributed by atoms with Crippen LogP contribution in [0.1, 0.15) is 37.9 Å². The Morgan fingerprint density at radius 2 is 1.81 bits per heavy atom. The van der Waals surface area contributed by atoms with E-state index in [1.54, 1.807) is 0 Å². The van der Waals surface area contributed by atoms with Crippen molar-refractivity contribution in [3.05, 3.63) is 53.5 Å². The maximum Gasteiger partial charge on any atom is 0.123 e. The number of hydrogen-bond donors (Lipinski definition) is 1. The quantitative estimate of drug-likeness (QED) is 0.896. The molecule has 1 aromatic heterocycles. The van der Waals surface area contributed by atoms with Crippen molar-refractivity contribution in [2.24, 2.45) is 0 Å². The van der Waals surface area contributed by atoms with Crippen LogP contribution in [0.25, 0.3) is 0 Å². The highest BCUT2D eigenvalue weighted by Gasteiger charge is 2.13. The molecule has 0 unspecified atom stereocenters. The zero-order valence-corrected chi connectivity index (χ0v) is 13.7. The Bertz CT molecular complexity index is 567. The molecule has 1 N–H and O–H groups in total. The Morgan fingerprint density at radius 3 is 2.43 bits per heavy atom. The van der Waals surface area contributed by atoms with Crippen LogP contribution in [0.4, 0.5) is 5.69 Å². The van der Waals surface area contributed by atoms with Crippen LogP contribution in [0.5, 0.6) is 0 Å². The van der Waals surface area contributed by atoms with Gasteiger partial charge in [0, 0.05) is 18.3 Å². The van der Waals surface area contributed by atoms with E-state index < -0.39 is 0 Å². The summed E-state index contributed by atoms with van der Waals surface area (Å²) < 4.78 is 6.00. The van der Waals surface area contributed by atoms with Gasteiger partial charge in [-0.05, 0) is 51.5 Å². The predicted octanol–water partition coefficient (Wildman–Crippen LogP) is 4.11. The Morgan fingerprint density at radius 1 is 1.14 bits per heavy atom. The van der Waals surface area contributed by atoms with E-state index in [1.165, 1.54) is 11.3 Å². The number of aryl methyl sites for hydroxylation is 1. The Labute approximate surface area is 128 Å². The van der Waals surface area contributed by atoms with Crippen molar-refractivity contribution in [3.63, 3.8) is 0 Å². The monoisotopic (exact) mass is 286 g/mol. The SMILES string of the molecule is Cc1cc(CN(C)c2ccccc2)oc1CNC(C)(C)C. The molecule has 1 aromatic carbocycles. The minimum atomic E-state index is 0.0974. The maximum atomic E-state index is 6.00. The molecule has 0 bridgehead atoms. The van der Waals surface area contributed by atoms with Gasteiger partial charge in [0.05, 0.1) is 13.1 Å². The minimum absolute atomic E-state index is 0.0974. The number of nitrogens with zero attached hydrogens (tertiary/aromatic N) is 1. The number of para-hydroxylation sites is 1. The number of hydrogen-bond acceptors (Lipinski definition) is 3. The van der Waals surface area contributed by atoms with Crippen molar-refractivity contribution < 1.29 is 4.42 Å². The van der Waals surface area contributed by atoms with Gasteiger partial charge in [-0.15, -0.1) is 0 Å². The van der Waals surface area contributed by atoms with Crippen LogP contribution in [0.3, 0.4) is 0 Å². The molecule has 21 heavy (non-hydrogen) atoms. The zero-order valence-electron chi connectivity index (χ0n) is 13.7. The van der Waals surface area contributed by atoms with Crippen molar-refractivity contribution in [1.29, 1.82) is 0 Å². The molecule has 0 aliphatic heterocycles. The topological polar surface area (TPSA) is 28.4 Å². The van der Waals surface area contributed by atoms with Crippen LogP contribution in [-0.2, 0) is 13.1 Å². The Hall–Kier alpha value is -1.74. The minimum Gasteiger partial charge on any atom is -0.463 e. The molecular formula is C18H26N2O. The molecule has 2 aromatic rings. The molecule has 3 nitrogen and oxygen atoms in total. The van der Waals surface area contributed by atoms with Crippen LogP contribution < -0.4 is 10.2 Å². The molecule has 0 saturated carbocycles. The molecule has 3 heteroatoms. The molecule has 0 aliphatic rings. The smallest absolute Gasteiger partial charge is 0.123 e. The van der Waals surface area contributed by atoms with Crippen molar-refractivity contribution in [2.75, 3.05) is 11.9 Å². The van der Waals surface area contributed by atoms with E-state index in [1.807, 2.05) is 6.07 Å². The third kappa shape index (κ3) is 4.64. The van der Waals surface area contributed by atoms with E-state index in [-0.39, 0.29) is 5.54 Å². The highest BCUT2D eigenvalue weighted by atomic mass is 16.3. The van der Waals surface area contributed by atoms with Gasteiger partial charge in [0.2, 0.25) is 0 Å². The number of anilines is 1. The van der Waals surface area contributed by atoms with Crippen LogP contribution >= 0.6 is 0 Å². The second kappa shape index (κ2) is 6.35. The van der Waals surface area contributed by atoms with E-state index in [2.05, 4.69) is 75.3 Å². The highest BCUT2D eigenvalue weighted by molar-refractivity contribution is 5.45. The van der Waals surface area contributed by atoms with Crippen LogP contribution in [0, 0.1) is 6.92 Å². The molecule has 0 amide bonds. The van der Waals surface area contributed by atoms with Gasteiger partial charge in [-0.1, -0.05) is 18.2 Å². The predicted molar refractivity (Wildman–Crippen MR) is 88.6 cm³/mol. The molecule has 0 saturated heterocycles. The van der Waals surface area contributed by atoms with Gasteiger partial charge >= 0.3 is 0 Å². The average Bonchev–Trinajstić information content (AvgIpc) is 2.77. The summed E-state index contributed by atoms with van der Waals surface area (Å²) in [5.41, 5.74) is 2.50. The first-order valence-corrected chi connectivity index (χ1v) is 7.44. The summed E-state index contributed by atoms with van der Waals surface area (Å²) in [6.45, 7) is 10.1. The second-order valence-corrected chi connectivity index (χ2v) is 6.61. The lowest BCUT2D eigenvalue weighted by atomic mass is 10.1. The summed E-state index contributed by atoms with van der Waals surface area (Å²) >= 11 is 0. The Kier molecular flexibility index (Phi) is 4.73. The summed E-state index contributed by atoms with van der Waals surface area (Å²) in [5, 5.41) is 3.47. The van der Waals surface area contributed by atoms with Gasteiger partial charge in [0.1, 0.15) is 11.5 Å². The van der Waals surface area contributed by atoms with Crippen molar-refractivity contribution in [1.82, 2.24) is 5.32 Å². The number of benzene rings is 1. The summed E-state index contributed by atoms with van der Waals surface area (Å²) in [7, 11) is 2.08. The fraction of sp³-hybridized carbons (Fsp3) is 0.444. The number of nitrogens with one attached hydrogen (secondary N) is 1. The van der Waals surface area contributed by atoms with Gasteiger partial charge in [0.25, 0.3) is 0 Å². The molecular weight excluding hydrogens is 260 g/mol. The average molecular weight is 286 g/mol. The fourth-order valence-corrected chi connectivity index (χ4v) is 2.20.